The van der Waals surface area contributed by atoms with Crippen molar-refractivity contribution in [3.63, 3.8) is 0 Å². The van der Waals surface area contributed by atoms with Gasteiger partial charge in [0.1, 0.15) is 5.82 Å². The quantitative estimate of drug-likeness (QED) is 0.314. The van der Waals surface area contributed by atoms with E-state index < -0.39 is 5.41 Å². The van der Waals surface area contributed by atoms with Gasteiger partial charge in [-0.25, -0.2) is 4.39 Å². The molecular formula is C30H33ClFN3O2. The molecule has 2 amide bonds. The van der Waals surface area contributed by atoms with Crippen LogP contribution >= 0.6 is 11.6 Å². The van der Waals surface area contributed by atoms with Gasteiger partial charge in [0.25, 0.3) is 5.91 Å². The maximum Gasteiger partial charge on any atom is 0.257 e. The van der Waals surface area contributed by atoms with Crippen LogP contribution in [0.5, 0.6) is 0 Å². The van der Waals surface area contributed by atoms with Crippen LogP contribution < -0.4 is 10.6 Å². The van der Waals surface area contributed by atoms with Crippen LogP contribution in [-0.2, 0) is 17.9 Å². The number of amides is 2. The summed E-state index contributed by atoms with van der Waals surface area (Å²) in [7, 11) is 0. The zero-order valence-electron chi connectivity index (χ0n) is 21.9. The van der Waals surface area contributed by atoms with Crippen LogP contribution in [0.15, 0.2) is 72.6 Å². The first-order chi connectivity index (χ1) is 17.5. The Bertz CT molecular complexity index is 1330. The van der Waals surface area contributed by atoms with Gasteiger partial charge in [-0.15, -0.1) is 0 Å². The number of allylic oxidation sites excluding steroid dienone is 2. The number of rotatable bonds is 8. The van der Waals surface area contributed by atoms with E-state index in [1.165, 1.54) is 12.1 Å². The molecule has 194 valence electrons. The van der Waals surface area contributed by atoms with Crippen molar-refractivity contribution in [2.75, 3.05) is 0 Å². The predicted octanol–water partition coefficient (Wildman–Crippen LogP) is 6.98. The molecule has 3 aromatic rings. The molecule has 0 fully saturated rings. The van der Waals surface area contributed by atoms with Gasteiger partial charge in [0, 0.05) is 36.1 Å². The average molecular weight is 522 g/mol. The van der Waals surface area contributed by atoms with Gasteiger partial charge in [0.15, 0.2) is 0 Å². The highest BCUT2D eigenvalue weighted by Crippen LogP contribution is 2.25. The van der Waals surface area contributed by atoms with Crippen LogP contribution in [-0.4, -0.2) is 16.4 Å². The number of aromatic nitrogens is 1. The Labute approximate surface area is 223 Å². The van der Waals surface area contributed by atoms with Crippen molar-refractivity contribution >= 4 is 29.5 Å². The molecule has 7 heteroatoms. The van der Waals surface area contributed by atoms with Crippen LogP contribution in [0.1, 0.15) is 56.1 Å². The lowest BCUT2D eigenvalue weighted by molar-refractivity contribution is -0.128. The second-order valence-corrected chi connectivity index (χ2v) is 10.2. The Kier molecular flexibility index (Phi) is 9.11. The molecule has 0 unspecified atom stereocenters. The van der Waals surface area contributed by atoms with Crippen molar-refractivity contribution < 1.29 is 14.0 Å². The topological polar surface area (TPSA) is 63.1 Å². The number of nitrogens with zero attached hydrogens (tertiary/aromatic N) is 1. The van der Waals surface area contributed by atoms with Crippen LogP contribution in [0.2, 0.25) is 5.02 Å². The lowest BCUT2D eigenvalue weighted by Crippen LogP contribution is -2.34. The molecule has 0 atom stereocenters. The Morgan fingerprint density at radius 3 is 2.41 bits per heavy atom. The second kappa shape index (κ2) is 12.1. The summed E-state index contributed by atoms with van der Waals surface area (Å²) < 4.78 is 15.5. The van der Waals surface area contributed by atoms with Crippen LogP contribution in [0.4, 0.5) is 4.39 Å². The number of carbonyl (C=O) groups excluding carboxylic acids is 2. The molecule has 0 radical (unpaired) electrons. The van der Waals surface area contributed by atoms with Gasteiger partial charge < -0.3 is 15.2 Å². The normalized spacial score (nSPS) is 12.1. The molecule has 5 nitrogen and oxygen atoms in total. The number of hydrogen-bond acceptors (Lipinski definition) is 2. The van der Waals surface area contributed by atoms with Crippen molar-refractivity contribution in [1.29, 1.82) is 0 Å². The molecule has 2 aromatic carbocycles. The van der Waals surface area contributed by atoms with E-state index in [-0.39, 0.29) is 17.6 Å². The molecular weight excluding hydrogens is 489 g/mol. The third kappa shape index (κ3) is 7.43. The summed E-state index contributed by atoms with van der Waals surface area (Å²) in [6, 6.07) is 13.5. The summed E-state index contributed by atoms with van der Waals surface area (Å²) in [6.07, 6.45) is 7.50. The Morgan fingerprint density at radius 1 is 1.08 bits per heavy atom. The molecule has 0 aliphatic carbocycles. The summed E-state index contributed by atoms with van der Waals surface area (Å²) in [4.78, 5) is 25.4. The molecule has 1 aromatic heterocycles. The first kappa shape index (κ1) is 27.9. The van der Waals surface area contributed by atoms with E-state index in [9.17, 15) is 14.0 Å². The van der Waals surface area contributed by atoms with Crippen molar-refractivity contribution in [2.45, 2.75) is 47.7 Å². The summed E-state index contributed by atoms with van der Waals surface area (Å²) in [6.45, 7) is 10.5. The van der Waals surface area contributed by atoms with Gasteiger partial charge in [-0.3, -0.25) is 9.59 Å². The molecule has 0 bridgehead atoms. The molecule has 2 N–H and O–H groups in total. The van der Waals surface area contributed by atoms with Gasteiger partial charge in [0.05, 0.1) is 10.6 Å². The highest BCUT2D eigenvalue weighted by Gasteiger charge is 2.21. The maximum atomic E-state index is 13.4. The summed E-state index contributed by atoms with van der Waals surface area (Å²) >= 11 is 6.35. The van der Waals surface area contributed by atoms with Gasteiger partial charge in [0.2, 0.25) is 5.91 Å². The number of nitrogens with one attached hydrogen (secondary N) is 2. The van der Waals surface area contributed by atoms with E-state index >= 15 is 0 Å². The van der Waals surface area contributed by atoms with Crippen molar-refractivity contribution in [3.05, 3.63) is 100 Å². The Morgan fingerprint density at radius 2 is 1.78 bits per heavy atom. The molecule has 3 rings (SSSR count). The van der Waals surface area contributed by atoms with Gasteiger partial charge in [-0.1, -0.05) is 44.5 Å². The van der Waals surface area contributed by atoms with Crippen LogP contribution in [0.25, 0.3) is 17.3 Å². The largest absolute Gasteiger partial charge is 0.352 e. The second-order valence-electron chi connectivity index (χ2n) is 9.75. The number of hydrogen-bond donors (Lipinski definition) is 2. The van der Waals surface area contributed by atoms with Gasteiger partial charge >= 0.3 is 0 Å². The third-order valence-corrected chi connectivity index (χ3v) is 6.06. The summed E-state index contributed by atoms with van der Waals surface area (Å²) in [5, 5.41) is 6.15. The molecule has 0 aliphatic rings. The van der Waals surface area contributed by atoms with Crippen LogP contribution in [0, 0.1) is 11.2 Å². The first-order valence-corrected chi connectivity index (χ1v) is 12.6. The SMILES string of the molecule is C/C=C\C(=C/c1cc(-c2ccc(F)cc2)n(CC)c1)NC(=O)c1cc(CNC(=O)C(C)(C)C)ccc1Cl. The lowest BCUT2D eigenvalue weighted by atomic mass is 9.95. The minimum absolute atomic E-state index is 0.0780. The van der Waals surface area contributed by atoms with E-state index in [1.54, 1.807) is 36.4 Å². The number of halogens is 2. The maximum absolute atomic E-state index is 13.4. The first-order valence-electron chi connectivity index (χ1n) is 12.2. The predicted molar refractivity (Wildman–Crippen MR) is 149 cm³/mol. The van der Waals surface area contributed by atoms with Crippen molar-refractivity contribution in [1.82, 2.24) is 15.2 Å². The smallest absolute Gasteiger partial charge is 0.257 e. The zero-order chi connectivity index (χ0) is 27.2. The molecule has 0 spiro atoms. The number of carbonyl (C=O) groups is 2. The zero-order valence-corrected chi connectivity index (χ0v) is 22.6. The minimum atomic E-state index is -0.508. The van der Waals surface area contributed by atoms with E-state index in [0.717, 1.165) is 28.9 Å². The summed E-state index contributed by atoms with van der Waals surface area (Å²) in [5.41, 5.74) is 3.92. The fourth-order valence-corrected chi connectivity index (χ4v) is 3.93. The Hall–Kier alpha value is -3.64. The summed E-state index contributed by atoms with van der Waals surface area (Å²) in [5.74, 6) is -0.714. The monoisotopic (exact) mass is 521 g/mol. The molecule has 37 heavy (non-hydrogen) atoms. The highest BCUT2D eigenvalue weighted by atomic mass is 35.5. The molecule has 1 heterocycles. The highest BCUT2D eigenvalue weighted by molar-refractivity contribution is 6.33. The molecule has 0 saturated carbocycles. The Balaban J connectivity index is 1.84. The lowest BCUT2D eigenvalue weighted by Gasteiger charge is -2.18. The molecule has 0 saturated heterocycles. The van der Waals surface area contributed by atoms with E-state index in [4.69, 9.17) is 11.6 Å². The van der Waals surface area contributed by atoms with Gasteiger partial charge in [-0.2, -0.15) is 0 Å². The van der Waals surface area contributed by atoms with Gasteiger partial charge in [-0.05, 0) is 85.2 Å². The average Bonchev–Trinajstić information content (AvgIpc) is 3.26. The number of aryl methyl sites for hydroxylation is 1. The molecule has 0 aliphatic heterocycles. The fraction of sp³-hybridized carbons (Fsp3) is 0.267. The standard InChI is InChI=1S/C30H33ClFN3O2/c1-6-8-24(15-21-17-27(35(7-2)19-21)22-10-12-23(32)13-11-22)34-28(36)25-16-20(9-14-26(25)31)18-33-29(37)30(3,4)5/h6,8-17,19H,7,18H2,1-5H3,(H,33,37)(H,34,36)/b8-6-,24-15+. The van der Waals surface area contributed by atoms with Crippen molar-refractivity contribution in [2.24, 2.45) is 5.41 Å². The van der Waals surface area contributed by atoms with E-state index in [0.29, 0.717) is 22.8 Å². The van der Waals surface area contributed by atoms with Crippen molar-refractivity contribution in [3.8, 4) is 11.3 Å². The third-order valence-electron chi connectivity index (χ3n) is 5.73. The number of benzene rings is 2. The van der Waals surface area contributed by atoms with Crippen LogP contribution in [0.3, 0.4) is 0 Å². The minimum Gasteiger partial charge on any atom is -0.352 e. The van der Waals surface area contributed by atoms with E-state index in [2.05, 4.69) is 15.2 Å². The fourth-order valence-electron chi connectivity index (χ4n) is 3.73. The van der Waals surface area contributed by atoms with E-state index in [1.807, 2.05) is 59.0 Å².